The fraction of sp³-hybridized carbons (Fsp3) is 0.381. The Morgan fingerprint density at radius 1 is 1.14 bits per heavy atom. The number of rotatable bonds is 6. The minimum Gasteiger partial charge on any atom is -0.460 e. The topological polar surface area (TPSA) is 104 Å². The molecule has 0 aliphatic carbocycles. The van der Waals surface area contributed by atoms with Crippen LogP contribution in [-0.4, -0.2) is 23.4 Å². The molecule has 0 aliphatic rings. The number of hydrogen-bond acceptors (Lipinski definition) is 5. The number of ether oxygens (including phenoxy) is 2. The Hall–Kier alpha value is -2.74. The normalized spacial score (nSPS) is 11.8. The lowest BCUT2D eigenvalue weighted by Gasteiger charge is -2.28. The molecule has 0 saturated heterocycles. The fourth-order valence-corrected chi connectivity index (χ4v) is 3.53. The lowest BCUT2D eigenvalue weighted by atomic mass is 9.88. The van der Waals surface area contributed by atoms with E-state index in [1.165, 1.54) is 23.5 Å². The highest BCUT2D eigenvalue weighted by Crippen LogP contribution is 2.30. The smallest absolute Gasteiger partial charge is 0.353 e. The van der Waals surface area contributed by atoms with Gasteiger partial charge in [-0.25, -0.2) is 9.18 Å². The molecule has 1 aromatic heterocycles. The zero-order chi connectivity index (χ0) is 22.0. The number of hydrogen-bond donors (Lipinski definition) is 2. The zero-order valence-electron chi connectivity index (χ0n) is 17.2. The Balaban J connectivity index is 2.08. The van der Waals surface area contributed by atoms with Crippen LogP contribution in [0.25, 0.3) is 0 Å². The van der Waals surface area contributed by atoms with Crippen molar-refractivity contribution in [1.29, 1.82) is 0 Å². The lowest BCUT2D eigenvalue weighted by Crippen LogP contribution is -2.46. The Labute approximate surface area is 173 Å². The molecule has 0 aliphatic heterocycles. The first-order valence-electron chi connectivity index (χ1n) is 9.01. The van der Waals surface area contributed by atoms with E-state index >= 15 is 0 Å². The van der Waals surface area contributed by atoms with Gasteiger partial charge in [0.15, 0.2) is 11.6 Å². The van der Waals surface area contributed by atoms with Gasteiger partial charge >= 0.3 is 11.9 Å². The van der Waals surface area contributed by atoms with Crippen molar-refractivity contribution in [3.63, 3.8) is 0 Å². The largest absolute Gasteiger partial charge is 0.460 e. The summed E-state index contributed by atoms with van der Waals surface area (Å²) in [6, 6.07) is 7.19. The molecule has 0 spiro atoms. The molecular formula is C21H26FN2O4S+. The number of benzene rings is 1. The van der Waals surface area contributed by atoms with E-state index in [1.54, 1.807) is 26.0 Å². The van der Waals surface area contributed by atoms with Gasteiger partial charge < -0.3 is 9.47 Å². The molecule has 6 nitrogen and oxygen atoms in total. The number of amidine groups is 1. The summed E-state index contributed by atoms with van der Waals surface area (Å²) in [5.41, 5.74) is 4.39. The predicted octanol–water partition coefficient (Wildman–Crippen LogP) is 2.48. The molecule has 0 bridgehead atoms. The quantitative estimate of drug-likeness (QED) is 0.323. The van der Waals surface area contributed by atoms with E-state index in [4.69, 9.17) is 20.6 Å². The average molecular weight is 422 g/mol. The van der Waals surface area contributed by atoms with Gasteiger partial charge in [0, 0.05) is 4.88 Å². The second-order valence-corrected chi connectivity index (χ2v) is 9.49. The second-order valence-electron chi connectivity index (χ2n) is 8.32. The van der Waals surface area contributed by atoms with Crippen LogP contribution in [0, 0.1) is 11.2 Å². The first kappa shape index (κ1) is 22.5. The summed E-state index contributed by atoms with van der Waals surface area (Å²) in [6.07, 6.45) is 0.397. The highest BCUT2D eigenvalue weighted by molar-refractivity contribution is 7.13. The van der Waals surface area contributed by atoms with Gasteiger partial charge in [-0.15, -0.1) is 11.3 Å². The molecule has 0 fully saturated rings. The number of esters is 2. The van der Waals surface area contributed by atoms with Crippen LogP contribution in [0.2, 0.25) is 0 Å². The van der Waals surface area contributed by atoms with Crippen molar-refractivity contribution in [1.82, 2.24) is 0 Å². The monoisotopic (exact) mass is 421 g/mol. The van der Waals surface area contributed by atoms with Gasteiger partial charge in [-0.2, -0.15) is 0 Å². The maximum atomic E-state index is 14.1. The molecule has 4 N–H and O–H groups in total. The van der Waals surface area contributed by atoms with Crippen molar-refractivity contribution in [2.24, 2.45) is 11.1 Å². The van der Waals surface area contributed by atoms with Gasteiger partial charge in [-0.3, -0.25) is 15.9 Å². The molecule has 29 heavy (non-hydrogen) atoms. The Kier molecular flexibility index (Phi) is 6.47. The number of halogens is 1. The summed E-state index contributed by atoms with van der Waals surface area (Å²) in [6.45, 7) is 9.01. The van der Waals surface area contributed by atoms with Gasteiger partial charge in [0.25, 0.3) is 5.84 Å². The molecule has 156 valence electrons. The first-order valence-corrected chi connectivity index (χ1v) is 9.82. The van der Waals surface area contributed by atoms with E-state index in [0.717, 1.165) is 10.9 Å². The zero-order valence-corrected chi connectivity index (χ0v) is 18.0. The highest BCUT2D eigenvalue weighted by Gasteiger charge is 2.33. The third-order valence-corrected chi connectivity index (χ3v) is 4.96. The SMILES string of the molecule is CC(C)(C)OC(=O)C(C)(C)Cc1ccc(C(=O)Oc2ccc(C(N)=[NH2+])cc2F)s1. The van der Waals surface area contributed by atoms with Crippen LogP contribution in [0.15, 0.2) is 30.3 Å². The molecule has 0 unspecified atom stereocenters. The number of thiophene rings is 1. The highest BCUT2D eigenvalue weighted by atomic mass is 32.1. The standard InChI is InChI=1S/C21H25FN2O4S/c1-20(2,3)28-19(26)21(4,5)11-13-7-9-16(29-13)18(25)27-15-8-6-12(17(23)24)10-14(15)22/h6-10H,11H2,1-5H3,(H3,23,24)/p+1. The molecule has 2 rings (SSSR count). The molecule has 0 atom stereocenters. The minimum atomic E-state index is -0.764. The third-order valence-electron chi connectivity index (χ3n) is 3.90. The van der Waals surface area contributed by atoms with E-state index in [0.29, 0.717) is 16.9 Å². The van der Waals surface area contributed by atoms with Crippen LogP contribution in [0.4, 0.5) is 4.39 Å². The summed E-state index contributed by atoms with van der Waals surface area (Å²) in [5, 5.41) is 5.42. The maximum Gasteiger partial charge on any atom is 0.353 e. The minimum absolute atomic E-state index is 0.0303. The van der Waals surface area contributed by atoms with Crippen molar-refractivity contribution < 1.29 is 28.9 Å². The summed E-state index contributed by atoms with van der Waals surface area (Å²) in [4.78, 5) is 25.9. The fourth-order valence-electron chi connectivity index (χ4n) is 2.42. The van der Waals surface area contributed by atoms with Crippen molar-refractivity contribution in [3.05, 3.63) is 51.5 Å². The van der Waals surface area contributed by atoms with Gasteiger partial charge in [-0.1, -0.05) is 0 Å². The number of carbonyl (C=O) groups excluding carboxylic acids is 2. The van der Waals surface area contributed by atoms with Crippen molar-refractivity contribution in [3.8, 4) is 5.75 Å². The van der Waals surface area contributed by atoms with Gasteiger partial charge in [-0.05, 0) is 71.4 Å². The van der Waals surface area contributed by atoms with E-state index in [1.807, 2.05) is 20.8 Å². The Bertz CT molecular complexity index is 944. The van der Waals surface area contributed by atoms with E-state index in [2.05, 4.69) is 0 Å². The predicted molar refractivity (Wildman–Crippen MR) is 109 cm³/mol. The summed E-state index contributed by atoms with van der Waals surface area (Å²) in [7, 11) is 0. The third kappa shape index (κ3) is 6.12. The van der Waals surface area contributed by atoms with Crippen LogP contribution in [0.3, 0.4) is 0 Å². The van der Waals surface area contributed by atoms with Gasteiger partial charge in [0.2, 0.25) is 0 Å². The van der Waals surface area contributed by atoms with Crippen LogP contribution < -0.4 is 15.9 Å². The van der Waals surface area contributed by atoms with E-state index in [-0.39, 0.29) is 17.6 Å². The van der Waals surface area contributed by atoms with Crippen LogP contribution >= 0.6 is 11.3 Å². The number of carbonyl (C=O) groups is 2. The average Bonchev–Trinajstić information content (AvgIpc) is 3.02. The first-order chi connectivity index (χ1) is 13.3. The molecule has 8 heteroatoms. The van der Waals surface area contributed by atoms with E-state index < -0.39 is 22.8 Å². The van der Waals surface area contributed by atoms with E-state index in [9.17, 15) is 14.0 Å². The summed E-state index contributed by atoms with van der Waals surface area (Å²) < 4.78 is 24.7. The van der Waals surface area contributed by atoms with Gasteiger partial charge in [0.05, 0.1) is 11.0 Å². The molecule has 1 heterocycles. The second kappa shape index (κ2) is 8.32. The van der Waals surface area contributed by atoms with Crippen molar-refractivity contribution in [2.75, 3.05) is 0 Å². The molecule has 1 aromatic carbocycles. The Morgan fingerprint density at radius 2 is 1.79 bits per heavy atom. The summed E-state index contributed by atoms with van der Waals surface area (Å²) in [5.74, 6) is -2.00. The molecule has 2 aromatic rings. The molecule has 0 radical (unpaired) electrons. The molecular weight excluding hydrogens is 395 g/mol. The van der Waals surface area contributed by atoms with Crippen molar-refractivity contribution >= 4 is 29.1 Å². The molecule has 0 saturated carbocycles. The van der Waals surface area contributed by atoms with Gasteiger partial charge in [0.1, 0.15) is 10.5 Å². The van der Waals surface area contributed by atoms with Crippen molar-refractivity contribution in [2.45, 2.75) is 46.6 Å². The summed E-state index contributed by atoms with van der Waals surface area (Å²) >= 11 is 1.19. The van der Waals surface area contributed by atoms with Crippen LogP contribution in [0.1, 0.15) is 54.7 Å². The van der Waals surface area contributed by atoms with Crippen LogP contribution in [-0.2, 0) is 16.0 Å². The molecule has 0 amide bonds. The Morgan fingerprint density at radius 3 is 2.34 bits per heavy atom. The lowest BCUT2D eigenvalue weighted by molar-refractivity contribution is -0.165. The van der Waals surface area contributed by atoms with Crippen LogP contribution in [0.5, 0.6) is 5.75 Å². The maximum absolute atomic E-state index is 14.1. The number of nitrogens with two attached hydrogens (primary N) is 2.